The number of amides is 1. The Labute approximate surface area is 128 Å². The molecule has 1 aliphatic rings. The molecule has 5 heteroatoms. The minimum absolute atomic E-state index is 0.0527. The summed E-state index contributed by atoms with van der Waals surface area (Å²) in [6, 6.07) is 2.18. The number of nitrogens with zero attached hydrogens (tertiary/aromatic N) is 2. The molecule has 0 radical (unpaired) electrons. The van der Waals surface area contributed by atoms with E-state index in [1.165, 1.54) is 0 Å². The summed E-state index contributed by atoms with van der Waals surface area (Å²) in [5.41, 5.74) is -0.831. The lowest BCUT2D eigenvalue weighted by Crippen LogP contribution is -2.52. The highest BCUT2D eigenvalue weighted by atomic mass is 16.3. The molecule has 0 aromatic heterocycles. The van der Waals surface area contributed by atoms with Crippen LogP contribution in [0.25, 0.3) is 0 Å². The second-order valence-electron chi connectivity index (χ2n) is 6.83. The van der Waals surface area contributed by atoms with Crippen molar-refractivity contribution in [2.75, 3.05) is 20.1 Å². The fourth-order valence-electron chi connectivity index (χ4n) is 2.74. The van der Waals surface area contributed by atoms with Gasteiger partial charge in [-0.3, -0.25) is 9.69 Å². The van der Waals surface area contributed by atoms with E-state index < -0.39 is 5.54 Å². The lowest BCUT2D eigenvalue weighted by molar-refractivity contribution is -0.123. The number of hydrogen-bond donors (Lipinski definition) is 2. The maximum absolute atomic E-state index is 12.1. The quantitative estimate of drug-likeness (QED) is 0.779. The summed E-state index contributed by atoms with van der Waals surface area (Å²) in [5, 5.41) is 22.0. The molecule has 1 saturated carbocycles. The first kappa shape index (κ1) is 17.9. The number of nitriles is 1. The highest BCUT2D eigenvalue weighted by molar-refractivity contribution is 5.79. The molecule has 0 saturated heterocycles. The van der Waals surface area contributed by atoms with Crippen LogP contribution in [-0.4, -0.2) is 47.7 Å². The topological polar surface area (TPSA) is 76.4 Å². The van der Waals surface area contributed by atoms with Crippen molar-refractivity contribution in [2.24, 2.45) is 11.8 Å². The molecule has 1 rings (SSSR count). The third-order valence-electron chi connectivity index (χ3n) is 4.61. The Hall–Kier alpha value is -1.12. The van der Waals surface area contributed by atoms with Crippen molar-refractivity contribution in [1.82, 2.24) is 10.2 Å². The third kappa shape index (κ3) is 5.29. The molecule has 0 heterocycles. The summed E-state index contributed by atoms with van der Waals surface area (Å²) in [7, 11) is 1.89. The van der Waals surface area contributed by atoms with Gasteiger partial charge in [0.1, 0.15) is 5.54 Å². The van der Waals surface area contributed by atoms with E-state index in [9.17, 15) is 15.2 Å². The number of aliphatic hydroxyl groups is 1. The predicted molar refractivity (Wildman–Crippen MR) is 82.5 cm³/mol. The Bertz CT molecular complexity index is 391. The van der Waals surface area contributed by atoms with Crippen LogP contribution in [0.4, 0.5) is 0 Å². The molecule has 0 aromatic rings. The average Bonchev–Trinajstić information content (AvgIpc) is 2.40. The van der Waals surface area contributed by atoms with Gasteiger partial charge in [0.2, 0.25) is 5.91 Å². The standard InChI is InChI=1S/C16H29N3O2/c1-12(2)16(3,11-17)18-15(21)10-19(4)9-13-7-5-6-8-14(13)20/h12-14,20H,5-10H2,1-4H3,(H,18,21). The maximum atomic E-state index is 12.1. The van der Waals surface area contributed by atoms with Gasteiger partial charge in [0.25, 0.3) is 0 Å². The van der Waals surface area contributed by atoms with Gasteiger partial charge in [-0.1, -0.05) is 26.7 Å². The van der Waals surface area contributed by atoms with E-state index in [1.807, 2.05) is 25.8 Å². The number of aliphatic hydroxyl groups excluding tert-OH is 1. The van der Waals surface area contributed by atoms with Crippen LogP contribution < -0.4 is 5.32 Å². The number of carbonyl (C=O) groups excluding carboxylic acids is 1. The zero-order valence-corrected chi connectivity index (χ0v) is 13.7. The van der Waals surface area contributed by atoms with Crippen LogP contribution in [-0.2, 0) is 4.79 Å². The van der Waals surface area contributed by atoms with E-state index in [1.54, 1.807) is 6.92 Å². The average molecular weight is 295 g/mol. The molecule has 0 aromatic carbocycles. The third-order valence-corrected chi connectivity index (χ3v) is 4.61. The monoisotopic (exact) mass is 295 g/mol. The summed E-state index contributed by atoms with van der Waals surface area (Å²) in [6.45, 7) is 6.57. The molecule has 21 heavy (non-hydrogen) atoms. The van der Waals surface area contributed by atoms with Crippen LogP contribution in [0.3, 0.4) is 0 Å². The normalized spacial score (nSPS) is 25.4. The number of hydrogen-bond acceptors (Lipinski definition) is 4. The number of rotatable bonds is 6. The van der Waals surface area contributed by atoms with Crippen LogP contribution in [0.1, 0.15) is 46.5 Å². The molecule has 120 valence electrons. The van der Waals surface area contributed by atoms with Gasteiger partial charge in [0, 0.05) is 6.54 Å². The SMILES string of the molecule is CC(C)C(C)(C#N)NC(=O)CN(C)CC1CCCCC1O. The fraction of sp³-hybridized carbons (Fsp3) is 0.875. The summed E-state index contributed by atoms with van der Waals surface area (Å²) in [6.07, 6.45) is 3.89. The second kappa shape index (κ2) is 7.77. The summed E-state index contributed by atoms with van der Waals surface area (Å²) in [4.78, 5) is 14.0. The first-order valence-electron chi connectivity index (χ1n) is 7.87. The van der Waals surface area contributed by atoms with Gasteiger partial charge >= 0.3 is 0 Å². The first-order valence-corrected chi connectivity index (χ1v) is 7.87. The Kier molecular flexibility index (Phi) is 6.63. The number of nitrogens with one attached hydrogen (secondary N) is 1. The van der Waals surface area contributed by atoms with E-state index in [0.717, 1.165) is 32.2 Å². The molecular formula is C16H29N3O2. The smallest absolute Gasteiger partial charge is 0.235 e. The summed E-state index contributed by atoms with van der Waals surface area (Å²) >= 11 is 0. The lowest BCUT2D eigenvalue weighted by atomic mass is 9.86. The van der Waals surface area contributed by atoms with E-state index in [0.29, 0.717) is 0 Å². The van der Waals surface area contributed by atoms with Crippen LogP contribution >= 0.6 is 0 Å². The highest BCUT2D eigenvalue weighted by Gasteiger charge is 2.30. The summed E-state index contributed by atoms with van der Waals surface area (Å²) < 4.78 is 0. The largest absolute Gasteiger partial charge is 0.393 e. The van der Waals surface area contributed by atoms with Crippen LogP contribution in [0.15, 0.2) is 0 Å². The van der Waals surface area contributed by atoms with E-state index in [2.05, 4.69) is 11.4 Å². The Morgan fingerprint density at radius 1 is 1.48 bits per heavy atom. The van der Waals surface area contributed by atoms with Gasteiger partial charge in [-0.2, -0.15) is 5.26 Å². The van der Waals surface area contributed by atoms with Gasteiger partial charge in [0.15, 0.2) is 0 Å². The molecule has 0 aliphatic heterocycles. The van der Waals surface area contributed by atoms with Crippen molar-refractivity contribution in [3.05, 3.63) is 0 Å². The lowest BCUT2D eigenvalue weighted by Gasteiger charge is -2.32. The van der Waals surface area contributed by atoms with E-state index in [-0.39, 0.29) is 30.4 Å². The van der Waals surface area contributed by atoms with E-state index >= 15 is 0 Å². The highest BCUT2D eigenvalue weighted by Crippen LogP contribution is 2.24. The van der Waals surface area contributed by atoms with Crippen molar-refractivity contribution < 1.29 is 9.90 Å². The van der Waals surface area contributed by atoms with Crippen molar-refractivity contribution in [1.29, 1.82) is 5.26 Å². The maximum Gasteiger partial charge on any atom is 0.235 e. The molecule has 0 spiro atoms. The van der Waals surface area contributed by atoms with Crippen molar-refractivity contribution in [3.8, 4) is 6.07 Å². The molecule has 3 atom stereocenters. The molecule has 1 fully saturated rings. The van der Waals surface area contributed by atoms with Crippen LogP contribution in [0, 0.1) is 23.2 Å². The molecular weight excluding hydrogens is 266 g/mol. The van der Waals surface area contributed by atoms with Gasteiger partial charge in [-0.05, 0) is 38.6 Å². The van der Waals surface area contributed by atoms with Crippen LogP contribution in [0.2, 0.25) is 0 Å². The molecule has 0 bridgehead atoms. The zero-order chi connectivity index (χ0) is 16.0. The van der Waals surface area contributed by atoms with Gasteiger partial charge in [0.05, 0.1) is 18.7 Å². The number of likely N-dealkylation sites (N-methyl/N-ethyl adjacent to an activating group) is 1. The number of carbonyl (C=O) groups is 1. The van der Waals surface area contributed by atoms with Gasteiger partial charge in [-0.25, -0.2) is 0 Å². The minimum Gasteiger partial charge on any atom is -0.393 e. The molecule has 1 amide bonds. The summed E-state index contributed by atoms with van der Waals surface area (Å²) in [5.74, 6) is 0.168. The second-order valence-corrected chi connectivity index (χ2v) is 6.83. The van der Waals surface area contributed by atoms with Crippen LogP contribution in [0.5, 0.6) is 0 Å². The van der Waals surface area contributed by atoms with Crippen molar-refractivity contribution in [3.63, 3.8) is 0 Å². The van der Waals surface area contributed by atoms with E-state index in [4.69, 9.17) is 0 Å². The minimum atomic E-state index is -0.831. The molecule has 2 N–H and O–H groups in total. The first-order chi connectivity index (χ1) is 9.78. The molecule has 1 aliphatic carbocycles. The zero-order valence-electron chi connectivity index (χ0n) is 13.7. The molecule has 5 nitrogen and oxygen atoms in total. The molecule has 3 unspecified atom stereocenters. The van der Waals surface area contributed by atoms with Gasteiger partial charge < -0.3 is 10.4 Å². The van der Waals surface area contributed by atoms with Crippen molar-refractivity contribution >= 4 is 5.91 Å². The predicted octanol–water partition coefficient (Wildman–Crippen LogP) is 1.52. The Morgan fingerprint density at radius 3 is 2.62 bits per heavy atom. The Morgan fingerprint density at radius 2 is 2.10 bits per heavy atom. The fourth-order valence-corrected chi connectivity index (χ4v) is 2.74. The Balaban J connectivity index is 2.45. The van der Waals surface area contributed by atoms with Crippen molar-refractivity contribution in [2.45, 2.75) is 58.1 Å². The van der Waals surface area contributed by atoms with Gasteiger partial charge in [-0.15, -0.1) is 0 Å².